The van der Waals surface area contributed by atoms with E-state index in [0.29, 0.717) is 0 Å². The van der Waals surface area contributed by atoms with Crippen LogP contribution in [0.2, 0.25) is 0 Å². The molecule has 20 heavy (non-hydrogen) atoms. The van der Waals surface area contributed by atoms with Crippen LogP contribution in [0.1, 0.15) is 4.88 Å². The van der Waals surface area contributed by atoms with E-state index < -0.39 is 0 Å². The Hall–Kier alpha value is -2.14. The topological polar surface area (TPSA) is 47.0 Å². The smallest absolute Gasteiger partial charge is 0.163 e. The van der Waals surface area contributed by atoms with Crippen LogP contribution in [0.5, 0.6) is 5.75 Å². The summed E-state index contributed by atoms with van der Waals surface area (Å²) >= 11 is 1.68. The van der Waals surface area contributed by atoms with Crippen molar-refractivity contribution in [3.05, 3.63) is 35.2 Å². The number of anilines is 1. The Morgan fingerprint density at radius 2 is 1.90 bits per heavy atom. The molecule has 0 saturated heterocycles. The minimum atomic E-state index is 0.728. The molecule has 0 spiro atoms. The van der Waals surface area contributed by atoms with E-state index in [1.165, 1.54) is 4.88 Å². The third kappa shape index (κ3) is 2.20. The molecule has 102 valence electrons. The van der Waals surface area contributed by atoms with Gasteiger partial charge in [-0.3, -0.25) is 0 Å². The summed E-state index contributed by atoms with van der Waals surface area (Å²) in [7, 11) is 3.54. The number of fused-ring (bicyclic) bond motifs is 1. The number of rotatable bonds is 3. The number of aryl methyl sites for hydroxylation is 1. The third-order valence-electron chi connectivity index (χ3n) is 3.10. The molecule has 0 amide bonds. The van der Waals surface area contributed by atoms with Crippen molar-refractivity contribution in [3.63, 3.8) is 0 Å². The van der Waals surface area contributed by atoms with Gasteiger partial charge in [0.1, 0.15) is 16.4 Å². The fourth-order valence-corrected chi connectivity index (χ4v) is 2.98. The molecule has 3 aromatic rings. The maximum absolute atomic E-state index is 5.17. The lowest BCUT2D eigenvalue weighted by molar-refractivity contribution is 0.415. The number of thiophene rings is 1. The number of nitrogens with zero attached hydrogens (tertiary/aromatic N) is 2. The van der Waals surface area contributed by atoms with Gasteiger partial charge in [0.2, 0.25) is 0 Å². The van der Waals surface area contributed by atoms with Gasteiger partial charge >= 0.3 is 0 Å². The molecular formula is C15H15N3OS. The standard InChI is InChI=1S/C15H15N3OS/c1-9-8-12-14(16-2)17-13(18-15(12)20-9)10-4-6-11(19-3)7-5-10/h4-8H,1-3H3,(H,16,17,18). The second-order valence-corrected chi connectivity index (χ2v) is 5.68. The largest absolute Gasteiger partial charge is 0.497 e. The summed E-state index contributed by atoms with van der Waals surface area (Å²) in [6.45, 7) is 2.08. The summed E-state index contributed by atoms with van der Waals surface area (Å²) in [6, 6.07) is 9.90. The molecule has 0 atom stereocenters. The summed E-state index contributed by atoms with van der Waals surface area (Å²) in [5.74, 6) is 2.42. The van der Waals surface area contributed by atoms with Gasteiger partial charge in [-0.25, -0.2) is 9.97 Å². The first-order valence-corrected chi connectivity index (χ1v) is 7.13. The van der Waals surface area contributed by atoms with Crippen LogP contribution in [0.15, 0.2) is 30.3 Å². The van der Waals surface area contributed by atoms with Gasteiger partial charge < -0.3 is 10.1 Å². The Balaban J connectivity index is 2.14. The highest BCUT2D eigenvalue weighted by Crippen LogP contribution is 2.31. The lowest BCUT2D eigenvalue weighted by Crippen LogP contribution is -1.97. The van der Waals surface area contributed by atoms with Gasteiger partial charge in [-0.05, 0) is 37.3 Å². The number of aromatic nitrogens is 2. The fourth-order valence-electron chi connectivity index (χ4n) is 2.10. The molecule has 4 nitrogen and oxygen atoms in total. The molecule has 3 rings (SSSR count). The Labute approximate surface area is 121 Å². The van der Waals surface area contributed by atoms with Gasteiger partial charge in [0.15, 0.2) is 5.82 Å². The minimum absolute atomic E-state index is 0.728. The van der Waals surface area contributed by atoms with E-state index in [2.05, 4.69) is 28.3 Å². The maximum atomic E-state index is 5.17. The quantitative estimate of drug-likeness (QED) is 0.796. The van der Waals surface area contributed by atoms with Crippen molar-refractivity contribution in [2.24, 2.45) is 0 Å². The fraction of sp³-hybridized carbons (Fsp3) is 0.200. The molecule has 5 heteroatoms. The van der Waals surface area contributed by atoms with Gasteiger partial charge in [0, 0.05) is 17.5 Å². The Bertz CT molecular complexity index is 750. The van der Waals surface area contributed by atoms with Crippen molar-refractivity contribution in [3.8, 4) is 17.1 Å². The van der Waals surface area contributed by atoms with Gasteiger partial charge in [0.25, 0.3) is 0 Å². The van der Waals surface area contributed by atoms with Gasteiger partial charge in [-0.1, -0.05) is 0 Å². The molecule has 2 heterocycles. The van der Waals surface area contributed by atoms with Crippen LogP contribution < -0.4 is 10.1 Å². The zero-order valence-electron chi connectivity index (χ0n) is 11.6. The van der Waals surface area contributed by atoms with Crippen LogP contribution in [-0.2, 0) is 0 Å². The molecule has 0 aliphatic carbocycles. The summed E-state index contributed by atoms with van der Waals surface area (Å²) in [6.07, 6.45) is 0. The molecule has 0 unspecified atom stereocenters. The van der Waals surface area contributed by atoms with E-state index in [-0.39, 0.29) is 0 Å². The molecule has 0 radical (unpaired) electrons. The van der Waals surface area contributed by atoms with Crippen LogP contribution in [0.4, 0.5) is 5.82 Å². The van der Waals surface area contributed by atoms with Crippen LogP contribution >= 0.6 is 11.3 Å². The van der Waals surface area contributed by atoms with Crippen LogP contribution in [0.3, 0.4) is 0 Å². The molecule has 1 aromatic carbocycles. The van der Waals surface area contributed by atoms with Crippen LogP contribution in [-0.4, -0.2) is 24.1 Å². The highest BCUT2D eigenvalue weighted by Gasteiger charge is 2.11. The third-order valence-corrected chi connectivity index (χ3v) is 4.05. The van der Waals surface area contributed by atoms with E-state index >= 15 is 0 Å². The maximum Gasteiger partial charge on any atom is 0.163 e. The second-order valence-electron chi connectivity index (χ2n) is 4.45. The summed E-state index contributed by atoms with van der Waals surface area (Å²) in [4.78, 5) is 11.5. The highest BCUT2D eigenvalue weighted by atomic mass is 32.1. The van der Waals surface area contributed by atoms with Crippen molar-refractivity contribution < 1.29 is 4.74 Å². The van der Waals surface area contributed by atoms with Crippen molar-refractivity contribution in [2.45, 2.75) is 6.92 Å². The van der Waals surface area contributed by atoms with Gasteiger partial charge in [0.05, 0.1) is 12.5 Å². The zero-order valence-corrected chi connectivity index (χ0v) is 12.4. The molecule has 0 aliphatic heterocycles. The minimum Gasteiger partial charge on any atom is -0.497 e. The monoisotopic (exact) mass is 285 g/mol. The van der Waals surface area contributed by atoms with E-state index in [9.17, 15) is 0 Å². The first-order valence-electron chi connectivity index (χ1n) is 6.31. The van der Waals surface area contributed by atoms with Gasteiger partial charge in [-0.2, -0.15) is 0 Å². The Morgan fingerprint density at radius 1 is 1.15 bits per heavy atom. The van der Waals surface area contributed by atoms with Crippen molar-refractivity contribution >= 4 is 27.4 Å². The predicted octanol–water partition coefficient (Wildman–Crippen LogP) is 3.72. The number of methoxy groups -OCH3 is 1. The van der Waals surface area contributed by atoms with E-state index in [1.54, 1.807) is 18.4 Å². The lowest BCUT2D eigenvalue weighted by atomic mass is 10.2. The molecule has 0 bridgehead atoms. The molecule has 2 aromatic heterocycles. The lowest BCUT2D eigenvalue weighted by Gasteiger charge is -2.06. The first kappa shape index (κ1) is 12.9. The average molecular weight is 285 g/mol. The number of benzene rings is 1. The SMILES string of the molecule is CNc1nc(-c2ccc(OC)cc2)nc2sc(C)cc12. The van der Waals surface area contributed by atoms with Crippen LogP contribution in [0, 0.1) is 6.92 Å². The second kappa shape index (κ2) is 5.09. The number of ether oxygens (including phenoxy) is 1. The average Bonchev–Trinajstić information content (AvgIpc) is 2.86. The van der Waals surface area contributed by atoms with Crippen molar-refractivity contribution in [1.29, 1.82) is 0 Å². The molecule has 0 saturated carbocycles. The van der Waals surface area contributed by atoms with Gasteiger partial charge in [-0.15, -0.1) is 11.3 Å². The highest BCUT2D eigenvalue weighted by molar-refractivity contribution is 7.18. The Kier molecular flexibility index (Phi) is 3.28. The summed E-state index contributed by atoms with van der Waals surface area (Å²) in [5.41, 5.74) is 0.982. The van der Waals surface area contributed by atoms with Crippen LogP contribution in [0.25, 0.3) is 21.6 Å². The zero-order chi connectivity index (χ0) is 14.1. The molecule has 0 aliphatic rings. The van der Waals surface area contributed by atoms with Crippen molar-refractivity contribution in [2.75, 3.05) is 19.5 Å². The Morgan fingerprint density at radius 3 is 2.55 bits per heavy atom. The molecular weight excluding hydrogens is 270 g/mol. The van der Waals surface area contributed by atoms with E-state index in [0.717, 1.165) is 33.2 Å². The normalized spacial score (nSPS) is 10.8. The van der Waals surface area contributed by atoms with Crippen molar-refractivity contribution in [1.82, 2.24) is 9.97 Å². The molecule has 0 fully saturated rings. The number of hydrogen-bond donors (Lipinski definition) is 1. The van der Waals surface area contributed by atoms with E-state index in [1.807, 2.05) is 31.3 Å². The molecule has 1 N–H and O–H groups in total. The number of hydrogen-bond acceptors (Lipinski definition) is 5. The summed E-state index contributed by atoms with van der Waals surface area (Å²) in [5, 5.41) is 4.22. The predicted molar refractivity (Wildman–Crippen MR) is 83.7 cm³/mol. The summed E-state index contributed by atoms with van der Waals surface area (Å²) < 4.78 is 5.17. The van der Waals surface area contributed by atoms with E-state index in [4.69, 9.17) is 4.74 Å². The number of nitrogens with one attached hydrogen (secondary N) is 1. The first-order chi connectivity index (χ1) is 9.71.